The van der Waals surface area contributed by atoms with Gasteiger partial charge in [-0.1, -0.05) is 6.92 Å². The lowest BCUT2D eigenvalue weighted by molar-refractivity contribution is -0.0377. The Balaban J connectivity index is 1.63. The second-order valence-corrected chi connectivity index (χ2v) is 4.98. The van der Waals surface area contributed by atoms with Gasteiger partial charge in [0.25, 0.3) is 0 Å². The van der Waals surface area contributed by atoms with Crippen LogP contribution in [0.15, 0.2) is 0 Å². The van der Waals surface area contributed by atoms with Crippen molar-refractivity contribution in [1.82, 2.24) is 10.2 Å². The van der Waals surface area contributed by atoms with Crippen LogP contribution in [0.25, 0.3) is 0 Å². The van der Waals surface area contributed by atoms with Gasteiger partial charge in [-0.25, -0.2) is 0 Å². The largest absolute Gasteiger partial charge is 0.372 e. The third kappa shape index (κ3) is 3.16. The van der Waals surface area contributed by atoms with Gasteiger partial charge in [0.05, 0.1) is 12.2 Å². The Bertz CT molecular complexity index is 186. The quantitative estimate of drug-likeness (QED) is 0.742. The van der Waals surface area contributed by atoms with Crippen LogP contribution in [0.1, 0.15) is 33.1 Å². The predicted octanol–water partition coefficient (Wildman–Crippen LogP) is 1.24. The number of hydrogen-bond donors (Lipinski definition) is 1. The summed E-state index contributed by atoms with van der Waals surface area (Å²) in [7, 11) is 0. The van der Waals surface area contributed by atoms with Gasteiger partial charge in [0.15, 0.2) is 0 Å². The second kappa shape index (κ2) is 5.28. The maximum Gasteiger partial charge on any atom is 0.0707 e. The molecular weight excluding hydrogens is 188 g/mol. The molecule has 0 aliphatic carbocycles. The second-order valence-electron chi connectivity index (χ2n) is 4.98. The SMILES string of the molecule is CCC(C)NCCN1CC2CCC(C1)O2. The Morgan fingerprint density at radius 1 is 1.33 bits per heavy atom. The van der Waals surface area contributed by atoms with Crippen LogP contribution < -0.4 is 5.32 Å². The molecule has 0 radical (unpaired) electrons. The molecule has 3 unspecified atom stereocenters. The van der Waals surface area contributed by atoms with Crippen molar-refractivity contribution >= 4 is 0 Å². The highest BCUT2D eigenvalue weighted by Crippen LogP contribution is 2.25. The Morgan fingerprint density at radius 3 is 2.60 bits per heavy atom. The van der Waals surface area contributed by atoms with Gasteiger partial charge in [-0.3, -0.25) is 4.90 Å². The average Bonchev–Trinajstić information content (AvgIpc) is 2.58. The number of morpholine rings is 1. The lowest BCUT2D eigenvalue weighted by Crippen LogP contribution is -2.45. The lowest BCUT2D eigenvalue weighted by Gasteiger charge is -2.32. The number of fused-ring (bicyclic) bond motifs is 2. The third-order valence-electron chi connectivity index (χ3n) is 3.65. The summed E-state index contributed by atoms with van der Waals surface area (Å²) in [5.74, 6) is 0. The first-order valence-corrected chi connectivity index (χ1v) is 6.39. The fourth-order valence-corrected chi connectivity index (χ4v) is 2.50. The van der Waals surface area contributed by atoms with Gasteiger partial charge in [-0.05, 0) is 26.2 Å². The van der Waals surface area contributed by atoms with Crippen LogP contribution in [0.5, 0.6) is 0 Å². The highest BCUT2D eigenvalue weighted by molar-refractivity contribution is 4.84. The van der Waals surface area contributed by atoms with Crippen LogP contribution >= 0.6 is 0 Å². The normalized spacial score (nSPS) is 33.2. The maximum absolute atomic E-state index is 5.81. The molecule has 0 aromatic heterocycles. The number of rotatable bonds is 5. The van der Waals surface area contributed by atoms with Crippen molar-refractivity contribution in [1.29, 1.82) is 0 Å². The number of nitrogens with one attached hydrogen (secondary N) is 1. The number of hydrogen-bond acceptors (Lipinski definition) is 3. The zero-order chi connectivity index (χ0) is 10.7. The van der Waals surface area contributed by atoms with E-state index in [1.807, 2.05) is 0 Å². The molecule has 0 aromatic rings. The highest BCUT2D eigenvalue weighted by Gasteiger charge is 2.33. The summed E-state index contributed by atoms with van der Waals surface area (Å²) in [6.45, 7) is 9.09. The van der Waals surface area contributed by atoms with E-state index >= 15 is 0 Å². The minimum Gasteiger partial charge on any atom is -0.372 e. The van der Waals surface area contributed by atoms with E-state index < -0.39 is 0 Å². The molecule has 2 heterocycles. The summed E-state index contributed by atoms with van der Waals surface area (Å²) >= 11 is 0. The third-order valence-corrected chi connectivity index (χ3v) is 3.65. The standard InChI is InChI=1S/C12H24N2O/c1-3-10(2)13-6-7-14-8-11-4-5-12(9-14)15-11/h10-13H,3-9H2,1-2H3. The molecule has 3 atom stereocenters. The molecule has 2 aliphatic heterocycles. The van der Waals surface area contributed by atoms with Gasteiger partial charge in [0, 0.05) is 32.2 Å². The van der Waals surface area contributed by atoms with Crippen molar-refractivity contribution in [3.05, 3.63) is 0 Å². The maximum atomic E-state index is 5.81. The van der Waals surface area contributed by atoms with Gasteiger partial charge >= 0.3 is 0 Å². The van der Waals surface area contributed by atoms with Crippen molar-refractivity contribution in [3.8, 4) is 0 Å². The summed E-state index contributed by atoms with van der Waals surface area (Å²) in [5.41, 5.74) is 0. The molecule has 0 amide bonds. The Kier molecular flexibility index (Phi) is 4.00. The van der Waals surface area contributed by atoms with Crippen molar-refractivity contribution in [2.45, 2.75) is 51.4 Å². The Labute approximate surface area is 93.2 Å². The molecule has 1 N–H and O–H groups in total. The first kappa shape index (κ1) is 11.4. The average molecular weight is 212 g/mol. The van der Waals surface area contributed by atoms with E-state index in [9.17, 15) is 0 Å². The van der Waals surface area contributed by atoms with Gasteiger partial charge in [-0.2, -0.15) is 0 Å². The zero-order valence-corrected chi connectivity index (χ0v) is 10.0. The summed E-state index contributed by atoms with van der Waals surface area (Å²) in [4.78, 5) is 2.56. The molecular formula is C12H24N2O. The molecule has 15 heavy (non-hydrogen) atoms. The Hall–Kier alpha value is -0.120. The van der Waals surface area contributed by atoms with Crippen LogP contribution in [0.4, 0.5) is 0 Å². The molecule has 3 nitrogen and oxygen atoms in total. The Morgan fingerprint density at radius 2 is 2.00 bits per heavy atom. The molecule has 2 bridgehead atoms. The summed E-state index contributed by atoms with van der Waals surface area (Å²) in [6, 6.07) is 0.655. The van der Waals surface area contributed by atoms with Gasteiger partial charge in [-0.15, -0.1) is 0 Å². The summed E-state index contributed by atoms with van der Waals surface area (Å²) in [6.07, 6.45) is 4.84. The van der Waals surface area contributed by atoms with E-state index in [4.69, 9.17) is 4.74 Å². The zero-order valence-electron chi connectivity index (χ0n) is 10.0. The fraction of sp³-hybridized carbons (Fsp3) is 1.00. The van der Waals surface area contributed by atoms with Crippen molar-refractivity contribution in [2.24, 2.45) is 0 Å². The molecule has 88 valence electrons. The van der Waals surface area contributed by atoms with Gasteiger partial charge in [0.2, 0.25) is 0 Å². The fourth-order valence-electron chi connectivity index (χ4n) is 2.50. The van der Waals surface area contributed by atoms with E-state index in [1.165, 1.54) is 25.8 Å². The van der Waals surface area contributed by atoms with Gasteiger partial charge < -0.3 is 10.1 Å². The molecule has 0 spiro atoms. The molecule has 2 fully saturated rings. The van der Waals surface area contributed by atoms with Crippen LogP contribution in [-0.2, 0) is 4.74 Å². The topological polar surface area (TPSA) is 24.5 Å². The molecule has 2 saturated heterocycles. The predicted molar refractivity (Wildman–Crippen MR) is 62.1 cm³/mol. The molecule has 2 rings (SSSR count). The summed E-state index contributed by atoms with van der Waals surface area (Å²) < 4.78 is 5.81. The molecule has 0 aromatic carbocycles. The molecule has 0 saturated carbocycles. The minimum atomic E-state index is 0.535. The first-order valence-electron chi connectivity index (χ1n) is 6.39. The lowest BCUT2D eigenvalue weighted by atomic mass is 10.2. The molecule has 2 aliphatic rings. The van der Waals surface area contributed by atoms with E-state index in [0.717, 1.165) is 19.6 Å². The van der Waals surface area contributed by atoms with Crippen LogP contribution in [0, 0.1) is 0 Å². The number of ether oxygens (including phenoxy) is 1. The van der Waals surface area contributed by atoms with E-state index in [-0.39, 0.29) is 0 Å². The van der Waals surface area contributed by atoms with Crippen LogP contribution in [-0.4, -0.2) is 49.3 Å². The van der Waals surface area contributed by atoms with E-state index in [0.29, 0.717) is 18.2 Å². The van der Waals surface area contributed by atoms with Crippen molar-refractivity contribution in [3.63, 3.8) is 0 Å². The number of likely N-dealkylation sites (tertiary alicyclic amines) is 1. The van der Waals surface area contributed by atoms with Crippen LogP contribution in [0.3, 0.4) is 0 Å². The van der Waals surface area contributed by atoms with E-state index in [2.05, 4.69) is 24.1 Å². The van der Waals surface area contributed by atoms with E-state index in [1.54, 1.807) is 0 Å². The van der Waals surface area contributed by atoms with Crippen LogP contribution in [0.2, 0.25) is 0 Å². The van der Waals surface area contributed by atoms with Crippen molar-refractivity contribution in [2.75, 3.05) is 26.2 Å². The highest BCUT2D eigenvalue weighted by atomic mass is 16.5. The molecule has 3 heteroatoms. The monoisotopic (exact) mass is 212 g/mol. The summed E-state index contributed by atoms with van der Waals surface area (Å²) in [5, 5.41) is 3.55. The minimum absolute atomic E-state index is 0.535. The van der Waals surface area contributed by atoms with Crippen molar-refractivity contribution < 1.29 is 4.74 Å². The van der Waals surface area contributed by atoms with Gasteiger partial charge in [0.1, 0.15) is 0 Å². The first-order chi connectivity index (χ1) is 7.28. The number of nitrogens with zero attached hydrogens (tertiary/aromatic N) is 1. The smallest absolute Gasteiger partial charge is 0.0707 e.